The first kappa shape index (κ1) is 18.7. The van der Waals surface area contributed by atoms with Crippen LogP contribution >= 0.6 is 7.82 Å². The van der Waals surface area contributed by atoms with E-state index in [1.807, 2.05) is 0 Å². The molecule has 0 aromatic carbocycles. The molecule has 0 fully saturated rings. The molecule has 0 saturated heterocycles. The zero-order valence-electron chi connectivity index (χ0n) is 6.95. The van der Waals surface area contributed by atoms with E-state index in [2.05, 4.69) is 13.8 Å². The summed E-state index contributed by atoms with van der Waals surface area (Å²) >= 11 is 2.13. The molecule has 1 N–H and O–H groups in total. The van der Waals surface area contributed by atoms with E-state index < -0.39 is 7.82 Å². The molecule has 0 aliphatic heterocycles. The van der Waals surface area contributed by atoms with Gasteiger partial charge >= 0.3 is 73.9 Å². The molecule has 60 valence electrons. The fourth-order valence-electron chi connectivity index (χ4n) is 0. The van der Waals surface area contributed by atoms with Gasteiger partial charge in [-0.05, 0) is 0 Å². The van der Waals surface area contributed by atoms with Crippen LogP contribution in [0.3, 0.4) is 0 Å². The summed E-state index contributed by atoms with van der Waals surface area (Å²) in [7, 11) is -5.14. The topological polar surface area (TPSA) is 83.4 Å². The van der Waals surface area contributed by atoms with Crippen molar-refractivity contribution in [2.45, 2.75) is 21.7 Å². The van der Waals surface area contributed by atoms with E-state index in [-0.39, 0.29) is 0 Å². The molecule has 11 heavy (non-hydrogen) atoms. The van der Waals surface area contributed by atoms with E-state index in [1.165, 1.54) is 7.86 Å². The fourth-order valence-corrected chi connectivity index (χ4v) is 0. The van der Waals surface area contributed by atoms with Crippen molar-refractivity contribution in [2.24, 2.45) is 0 Å². The van der Waals surface area contributed by atoms with E-state index in [1.54, 1.807) is 0 Å². The van der Waals surface area contributed by atoms with Crippen LogP contribution < -0.4 is 9.79 Å². The Labute approximate surface area is 100.0 Å². The first-order valence-corrected chi connectivity index (χ1v) is 12.4. The van der Waals surface area contributed by atoms with Crippen molar-refractivity contribution >= 4 is 7.82 Å². The molecule has 0 aliphatic rings. The summed E-state index contributed by atoms with van der Waals surface area (Å²) < 4.78 is 11.5. The standard InChI is InChI=1S/2C2H5.2Hg.H3O4P/c2*1-2;;;1-5(2,3)4/h2*1H2,2H3;;;(H3,1,2,3,4)/q;;2*+1;/p-2. The fraction of sp³-hybridized carbons (Fsp3) is 1.00. The number of hydrogen-bond donors (Lipinski definition) is 1. The van der Waals surface area contributed by atoms with E-state index in [4.69, 9.17) is 19.2 Å². The molecule has 0 heterocycles. The van der Waals surface area contributed by atoms with Crippen LogP contribution in [0, 0.1) is 0 Å². The van der Waals surface area contributed by atoms with E-state index >= 15 is 0 Å². The first-order chi connectivity index (χ1) is 4.83. The van der Waals surface area contributed by atoms with Gasteiger partial charge in [-0.2, -0.15) is 0 Å². The number of phosphoric acid groups is 1. The van der Waals surface area contributed by atoms with Crippen LogP contribution in [0.15, 0.2) is 0 Å². The molecule has 0 amide bonds. The smallest absolute Gasteiger partial charge is 0.0557 e. The van der Waals surface area contributed by atoms with Gasteiger partial charge in [-0.3, -0.25) is 0 Å². The Bertz CT molecular complexity index is 83.8. The molecule has 0 aromatic heterocycles. The first-order valence-electron chi connectivity index (χ1n) is 3.16. The number of rotatable bonds is 0. The summed E-state index contributed by atoms with van der Waals surface area (Å²) in [5, 5.41) is 0. The minimum absolute atomic E-state index is 1.07. The summed E-state index contributed by atoms with van der Waals surface area (Å²) in [6.07, 6.45) is 0. The Morgan fingerprint density at radius 2 is 1.27 bits per heavy atom. The van der Waals surface area contributed by atoms with E-state index in [0.29, 0.717) is 0 Å². The molecule has 0 aliphatic carbocycles. The normalized spacial score (nSPS) is 8.82. The SMILES string of the molecule is C[CH2][Hg+].C[CH2][Hg+].O=P([O-])([O-])O. The average Bonchev–Trinajstić information content (AvgIpc) is 1.62. The zero-order valence-corrected chi connectivity index (χ0v) is 18.8. The molecule has 7 heteroatoms. The van der Waals surface area contributed by atoms with Crippen LogP contribution in [-0.2, 0) is 56.8 Å². The minimum Gasteiger partial charge on any atom is -0.790 e. The maximum absolute atomic E-state index is 8.66. The second-order valence-electron chi connectivity index (χ2n) is 1.47. The van der Waals surface area contributed by atoms with Crippen molar-refractivity contribution in [3.8, 4) is 0 Å². The summed E-state index contributed by atoms with van der Waals surface area (Å²) in [4.78, 5) is 24.3. The van der Waals surface area contributed by atoms with Crippen molar-refractivity contribution in [3.63, 3.8) is 0 Å². The summed E-state index contributed by atoms with van der Waals surface area (Å²) in [6, 6.07) is 0. The molecule has 0 radical (unpaired) electrons. The molecule has 0 spiro atoms. The molecule has 0 aromatic rings. The Hall–Kier alpha value is 1.98. The summed E-state index contributed by atoms with van der Waals surface area (Å²) in [5.41, 5.74) is 0. The van der Waals surface area contributed by atoms with Gasteiger partial charge in [0, 0.05) is 0 Å². The Morgan fingerprint density at radius 3 is 1.27 bits per heavy atom. The molecule has 0 rings (SSSR count). The van der Waals surface area contributed by atoms with Crippen molar-refractivity contribution in [3.05, 3.63) is 0 Å². The van der Waals surface area contributed by atoms with Crippen LogP contribution in [0.4, 0.5) is 0 Å². The second-order valence-corrected chi connectivity index (χ2v) is 10.2. The number of hydrogen-bond acceptors (Lipinski definition) is 3. The van der Waals surface area contributed by atoms with Crippen LogP contribution in [0.2, 0.25) is 7.86 Å². The van der Waals surface area contributed by atoms with Gasteiger partial charge in [-0.1, -0.05) is 0 Å². The van der Waals surface area contributed by atoms with E-state index in [0.717, 1.165) is 52.2 Å². The molecule has 4 nitrogen and oxygen atoms in total. The van der Waals surface area contributed by atoms with Gasteiger partial charge in [0.25, 0.3) is 0 Å². The van der Waals surface area contributed by atoms with Crippen molar-refractivity contribution < 1.29 is 71.5 Å². The summed E-state index contributed by atoms with van der Waals surface area (Å²) in [5.74, 6) is 0. The van der Waals surface area contributed by atoms with Gasteiger partial charge in [0.1, 0.15) is 0 Å². The largest absolute Gasteiger partial charge is 0.790 e. The van der Waals surface area contributed by atoms with Gasteiger partial charge in [0.05, 0.1) is 7.82 Å². The van der Waals surface area contributed by atoms with Gasteiger partial charge in [-0.15, -0.1) is 0 Å². The maximum Gasteiger partial charge on any atom is 0.0557 e. The maximum atomic E-state index is 8.66. The Kier molecular flexibility index (Phi) is 24.7. The van der Waals surface area contributed by atoms with Crippen LogP contribution in [-0.4, -0.2) is 4.89 Å². The molecular weight excluding hydrogens is 544 g/mol. The molecule has 0 bridgehead atoms. The molecule has 0 saturated carbocycles. The third-order valence-corrected chi connectivity index (χ3v) is 0. The predicted molar refractivity (Wildman–Crippen MR) is 30.8 cm³/mol. The van der Waals surface area contributed by atoms with E-state index in [9.17, 15) is 0 Å². The van der Waals surface area contributed by atoms with Gasteiger partial charge in [-0.25, -0.2) is 0 Å². The third-order valence-electron chi connectivity index (χ3n) is 0. The zero-order chi connectivity index (χ0) is 9.91. The third kappa shape index (κ3) is 304. The van der Waals surface area contributed by atoms with Crippen molar-refractivity contribution in [2.75, 3.05) is 0 Å². The Morgan fingerprint density at radius 1 is 1.27 bits per heavy atom. The second kappa shape index (κ2) is 14.5. The van der Waals surface area contributed by atoms with Gasteiger partial charge in [0.15, 0.2) is 0 Å². The van der Waals surface area contributed by atoms with Gasteiger partial charge < -0.3 is 19.2 Å². The van der Waals surface area contributed by atoms with Crippen LogP contribution in [0.1, 0.15) is 13.8 Å². The predicted octanol–water partition coefficient (Wildman–Crippen LogP) is -0.250. The average molecular weight is 555 g/mol. The van der Waals surface area contributed by atoms with Crippen LogP contribution in [0.5, 0.6) is 0 Å². The van der Waals surface area contributed by atoms with Crippen LogP contribution in [0.25, 0.3) is 0 Å². The quantitative estimate of drug-likeness (QED) is 0.331. The molecule has 0 atom stereocenters. The van der Waals surface area contributed by atoms with Crippen molar-refractivity contribution in [1.29, 1.82) is 0 Å². The van der Waals surface area contributed by atoms with Crippen molar-refractivity contribution in [1.82, 2.24) is 0 Å². The summed E-state index contributed by atoms with van der Waals surface area (Å²) in [6.45, 7) is 4.42. The minimum atomic E-state index is -5.14. The monoisotopic (exact) mass is 558 g/mol. The van der Waals surface area contributed by atoms with Gasteiger partial charge in [0.2, 0.25) is 0 Å². The Balaban J connectivity index is -0.0000000933. The molecular formula is C4H11Hg2O4P. The molecule has 0 unspecified atom stereocenters.